The smallest absolute Gasteiger partial charge is 0.257 e. The van der Waals surface area contributed by atoms with Gasteiger partial charge in [0.05, 0.1) is 14.2 Å². The molecule has 0 saturated carbocycles. The third kappa shape index (κ3) is 3.52. The maximum Gasteiger partial charge on any atom is 0.257 e. The molecule has 0 aliphatic rings. The first kappa shape index (κ1) is 15.3. The second-order valence-electron chi connectivity index (χ2n) is 4.37. The average molecular weight is 351 g/mol. The minimum atomic E-state index is -0.280. The molecular formula is C15H15BrN2O3. The standard InChI is InChI=1S/C15H15BrN2O3/c1-9-4-5-17-13(6-9)18-15(19)10-7-11(20-2)14(16)12(8-10)21-3/h4-8H,1-3H3,(H,17,18,19). The fourth-order valence-corrected chi connectivity index (χ4v) is 2.35. The first-order valence-electron chi connectivity index (χ1n) is 6.20. The summed E-state index contributed by atoms with van der Waals surface area (Å²) < 4.78 is 11.1. The first-order chi connectivity index (χ1) is 10.0. The number of carbonyl (C=O) groups is 1. The zero-order chi connectivity index (χ0) is 15.4. The van der Waals surface area contributed by atoms with Crippen LogP contribution in [0.25, 0.3) is 0 Å². The van der Waals surface area contributed by atoms with Crippen LogP contribution in [0.3, 0.4) is 0 Å². The van der Waals surface area contributed by atoms with Crippen LogP contribution >= 0.6 is 15.9 Å². The molecule has 1 aromatic heterocycles. The average Bonchev–Trinajstić information content (AvgIpc) is 2.47. The number of carbonyl (C=O) groups excluding carboxylic acids is 1. The van der Waals surface area contributed by atoms with Gasteiger partial charge in [0, 0.05) is 11.8 Å². The number of methoxy groups -OCH3 is 2. The predicted molar refractivity (Wildman–Crippen MR) is 84.2 cm³/mol. The Morgan fingerprint density at radius 2 is 1.81 bits per heavy atom. The van der Waals surface area contributed by atoms with Crippen LogP contribution in [-0.2, 0) is 0 Å². The summed E-state index contributed by atoms with van der Waals surface area (Å²) in [6.07, 6.45) is 1.65. The third-order valence-electron chi connectivity index (χ3n) is 2.86. The molecule has 110 valence electrons. The number of aromatic nitrogens is 1. The van der Waals surface area contributed by atoms with Crippen LogP contribution in [0.4, 0.5) is 5.82 Å². The number of rotatable bonds is 4. The van der Waals surface area contributed by atoms with Crippen molar-refractivity contribution in [2.24, 2.45) is 0 Å². The number of hydrogen-bond donors (Lipinski definition) is 1. The summed E-state index contributed by atoms with van der Waals surface area (Å²) in [6, 6.07) is 6.93. The summed E-state index contributed by atoms with van der Waals surface area (Å²) in [5, 5.41) is 2.74. The number of pyridine rings is 1. The number of benzene rings is 1. The molecule has 1 N–H and O–H groups in total. The van der Waals surface area contributed by atoms with Crippen LogP contribution in [0.5, 0.6) is 11.5 Å². The van der Waals surface area contributed by atoms with Gasteiger partial charge in [-0.3, -0.25) is 4.79 Å². The summed E-state index contributed by atoms with van der Waals surface area (Å²) in [5.41, 5.74) is 1.45. The predicted octanol–water partition coefficient (Wildman–Crippen LogP) is 3.42. The van der Waals surface area contributed by atoms with Crippen LogP contribution in [0, 0.1) is 6.92 Å². The third-order valence-corrected chi connectivity index (χ3v) is 3.65. The van der Waals surface area contributed by atoms with Crippen LogP contribution < -0.4 is 14.8 Å². The number of anilines is 1. The highest BCUT2D eigenvalue weighted by molar-refractivity contribution is 9.10. The molecular weight excluding hydrogens is 336 g/mol. The Labute approximate surface area is 131 Å². The Kier molecular flexibility index (Phi) is 4.80. The Bertz CT molecular complexity index is 649. The van der Waals surface area contributed by atoms with Crippen LogP contribution in [-0.4, -0.2) is 25.1 Å². The van der Waals surface area contributed by atoms with E-state index in [9.17, 15) is 4.79 Å². The molecule has 0 unspecified atom stereocenters. The molecule has 0 radical (unpaired) electrons. The SMILES string of the molecule is COc1cc(C(=O)Nc2cc(C)ccn2)cc(OC)c1Br. The highest BCUT2D eigenvalue weighted by atomic mass is 79.9. The number of halogens is 1. The van der Waals surface area contributed by atoms with Gasteiger partial charge in [-0.25, -0.2) is 4.98 Å². The maximum atomic E-state index is 12.3. The number of aryl methyl sites for hydroxylation is 1. The lowest BCUT2D eigenvalue weighted by atomic mass is 10.2. The van der Waals surface area contributed by atoms with Crippen LogP contribution in [0.2, 0.25) is 0 Å². The van der Waals surface area contributed by atoms with E-state index in [1.165, 1.54) is 14.2 Å². The normalized spacial score (nSPS) is 10.1. The van der Waals surface area contributed by atoms with E-state index in [-0.39, 0.29) is 5.91 Å². The van der Waals surface area contributed by atoms with E-state index in [2.05, 4.69) is 26.2 Å². The van der Waals surface area contributed by atoms with E-state index in [4.69, 9.17) is 9.47 Å². The fourth-order valence-electron chi connectivity index (χ4n) is 1.79. The van der Waals surface area contributed by atoms with Gasteiger partial charge in [-0.2, -0.15) is 0 Å². The largest absolute Gasteiger partial charge is 0.495 e. The van der Waals surface area contributed by atoms with E-state index < -0.39 is 0 Å². The van der Waals surface area contributed by atoms with E-state index in [0.29, 0.717) is 27.4 Å². The van der Waals surface area contributed by atoms with Crippen molar-refractivity contribution in [1.82, 2.24) is 4.98 Å². The Morgan fingerprint density at radius 3 is 2.33 bits per heavy atom. The molecule has 0 aliphatic carbocycles. The maximum absolute atomic E-state index is 12.3. The summed E-state index contributed by atoms with van der Waals surface area (Å²) in [7, 11) is 3.06. The first-order valence-corrected chi connectivity index (χ1v) is 7.00. The van der Waals surface area contributed by atoms with E-state index in [0.717, 1.165) is 5.56 Å². The van der Waals surface area contributed by atoms with Gasteiger partial charge in [-0.15, -0.1) is 0 Å². The Morgan fingerprint density at radius 1 is 1.19 bits per heavy atom. The summed E-state index contributed by atoms with van der Waals surface area (Å²) in [4.78, 5) is 16.4. The van der Waals surface area contributed by atoms with Crippen molar-refractivity contribution in [3.05, 3.63) is 46.1 Å². The van der Waals surface area contributed by atoms with Gasteiger partial charge < -0.3 is 14.8 Å². The molecule has 5 nitrogen and oxygen atoms in total. The minimum absolute atomic E-state index is 0.280. The monoisotopic (exact) mass is 350 g/mol. The molecule has 0 spiro atoms. The summed E-state index contributed by atoms with van der Waals surface area (Å²) in [5.74, 6) is 1.27. The molecule has 1 amide bonds. The lowest BCUT2D eigenvalue weighted by molar-refractivity contribution is 0.102. The lowest BCUT2D eigenvalue weighted by Crippen LogP contribution is -2.13. The van der Waals surface area contributed by atoms with E-state index in [1.807, 2.05) is 13.0 Å². The van der Waals surface area contributed by atoms with Gasteiger partial charge in [0.15, 0.2) is 0 Å². The number of nitrogens with one attached hydrogen (secondary N) is 1. The number of ether oxygens (including phenoxy) is 2. The zero-order valence-corrected chi connectivity index (χ0v) is 13.5. The van der Waals surface area contributed by atoms with Crippen molar-refractivity contribution >= 4 is 27.7 Å². The molecule has 2 rings (SSSR count). The highest BCUT2D eigenvalue weighted by Crippen LogP contribution is 2.35. The highest BCUT2D eigenvalue weighted by Gasteiger charge is 2.15. The van der Waals surface area contributed by atoms with Gasteiger partial charge in [0.25, 0.3) is 5.91 Å². The van der Waals surface area contributed by atoms with Gasteiger partial charge in [0.1, 0.15) is 21.8 Å². The van der Waals surface area contributed by atoms with Gasteiger partial charge >= 0.3 is 0 Å². The summed E-state index contributed by atoms with van der Waals surface area (Å²) >= 11 is 3.37. The molecule has 0 bridgehead atoms. The second-order valence-corrected chi connectivity index (χ2v) is 5.16. The van der Waals surface area contributed by atoms with Crippen molar-refractivity contribution in [2.45, 2.75) is 6.92 Å². The van der Waals surface area contributed by atoms with Crippen molar-refractivity contribution in [2.75, 3.05) is 19.5 Å². The Balaban J connectivity index is 2.31. The fraction of sp³-hybridized carbons (Fsp3) is 0.200. The van der Waals surface area contributed by atoms with Gasteiger partial charge in [-0.1, -0.05) is 0 Å². The van der Waals surface area contributed by atoms with Crippen molar-refractivity contribution in [3.63, 3.8) is 0 Å². The molecule has 21 heavy (non-hydrogen) atoms. The molecule has 0 fully saturated rings. The van der Waals surface area contributed by atoms with E-state index >= 15 is 0 Å². The molecule has 2 aromatic rings. The zero-order valence-electron chi connectivity index (χ0n) is 11.9. The van der Waals surface area contributed by atoms with E-state index in [1.54, 1.807) is 24.4 Å². The van der Waals surface area contributed by atoms with Crippen molar-refractivity contribution in [1.29, 1.82) is 0 Å². The van der Waals surface area contributed by atoms with Gasteiger partial charge in [-0.05, 0) is 52.7 Å². The molecule has 0 aliphatic heterocycles. The van der Waals surface area contributed by atoms with Crippen LogP contribution in [0.15, 0.2) is 34.9 Å². The topological polar surface area (TPSA) is 60.5 Å². The minimum Gasteiger partial charge on any atom is -0.495 e. The molecule has 1 heterocycles. The second kappa shape index (κ2) is 6.58. The quantitative estimate of drug-likeness (QED) is 0.917. The van der Waals surface area contributed by atoms with Gasteiger partial charge in [0.2, 0.25) is 0 Å². The number of nitrogens with zero attached hydrogens (tertiary/aromatic N) is 1. The molecule has 0 saturated heterocycles. The molecule has 1 aromatic carbocycles. The van der Waals surface area contributed by atoms with Crippen LogP contribution in [0.1, 0.15) is 15.9 Å². The number of amides is 1. The van der Waals surface area contributed by atoms with Crippen molar-refractivity contribution < 1.29 is 14.3 Å². The number of hydrogen-bond acceptors (Lipinski definition) is 4. The lowest BCUT2D eigenvalue weighted by Gasteiger charge is -2.11. The molecule has 0 atom stereocenters. The molecule has 6 heteroatoms. The summed E-state index contributed by atoms with van der Waals surface area (Å²) in [6.45, 7) is 1.93. The Hall–Kier alpha value is -2.08. The van der Waals surface area contributed by atoms with Crippen molar-refractivity contribution in [3.8, 4) is 11.5 Å².